The van der Waals surface area contributed by atoms with Crippen LogP contribution in [0.5, 0.6) is 5.75 Å². The van der Waals surface area contributed by atoms with Gasteiger partial charge in [-0.15, -0.1) is 0 Å². The minimum Gasteiger partial charge on any atom is -0.482 e. The van der Waals surface area contributed by atoms with Gasteiger partial charge in [0, 0.05) is 17.1 Å². The molecule has 0 saturated carbocycles. The summed E-state index contributed by atoms with van der Waals surface area (Å²) in [5.41, 5.74) is 1.35. The fourth-order valence-corrected chi connectivity index (χ4v) is 3.09. The van der Waals surface area contributed by atoms with E-state index in [4.69, 9.17) is 16.3 Å². The number of carbonyl (C=O) groups is 3. The van der Waals surface area contributed by atoms with Gasteiger partial charge >= 0.3 is 0 Å². The van der Waals surface area contributed by atoms with Crippen molar-refractivity contribution in [2.75, 3.05) is 28.7 Å². The molecule has 2 aromatic carbocycles. The first kappa shape index (κ1) is 19.2. The standard InChI is InChI=1S/C18H15BrClN3O4/c1-10(24)21-12-3-4-13(20)14(7-12)22-17(25)8-23-15-5-2-11(19)6-16(15)27-9-18(23)26/h2-7H,8-9H2,1H3,(H,21,24)(H,22,25). The summed E-state index contributed by atoms with van der Waals surface area (Å²) in [7, 11) is 0. The molecule has 0 unspecified atom stereocenters. The van der Waals surface area contributed by atoms with Crippen LogP contribution in [-0.4, -0.2) is 30.9 Å². The molecule has 2 N–H and O–H groups in total. The molecule has 3 amide bonds. The molecule has 2 aromatic rings. The fraction of sp³-hybridized carbons (Fsp3) is 0.167. The van der Waals surface area contributed by atoms with Crippen molar-refractivity contribution in [3.63, 3.8) is 0 Å². The maximum atomic E-state index is 12.5. The number of nitrogens with one attached hydrogen (secondary N) is 2. The zero-order valence-electron chi connectivity index (χ0n) is 14.2. The SMILES string of the molecule is CC(=O)Nc1ccc(Cl)c(NC(=O)CN2C(=O)COc3cc(Br)ccc32)c1. The lowest BCUT2D eigenvalue weighted by Crippen LogP contribution is -2.43. The number of hydrogen-bond acceptors (Lipinski definition) is 4. The zero-order valence-corrected chi connectivity index (χ0v) is 16.6. The number of ether oxygens (including phenoxy) is 1. The Bertz CT molecular complexity index is 935. The smallest absolute Gasteiger partial charge is 0.265 e. The first-order valence-corrected chi connectivity index (χ1v) is 9.10. The van der Waals surface area contributed by atoms with Crippen LogP contribution in [0, 0.1) is 0 Å². The molecule has 0 bridgehead atoms. The summed E-state index contributed by atoms with van der Waals surface area (Å²) in [6.45, 7) is 1.04. The second kappa shape index (κ2) is 7.98. The molecule has 9 heteroatoms. The summed E-state index contributed by atoms with van der Waals surface area (Å²) in [6.07, 6.45) is 0. The summed E-state index contributed by atoms with van der Waals surface area (Å²) >= 11 is 9.46. The van der Waals surface area contributed by atoms with E-state index in [9.17, 15) is 14.4 Å². The van der Waals surface area contributed by atoms with Crippen LogP contribution in [0.15, 0.2) is 40.9 Å². The summed E-state index contributed by atoms with van der Waals surface area (Å²) in [4.78, 5) is 37.2. The van der Waals surface area contributed by atoms with Gasteiger partial charge in [-0.3, -0.25) is 19.3 Å². The van der Waals surface area contributed by atoms with Gasteiger partial charge in [-0.05, 0) is 36.4 Å². The average Bonchev–Trinajstić information content (AvgIpc) is 2.60. The van der Waals surface area contributed by atoms with Crippen molar-refractivity contribution in [3.05, 3.63) is 45.9 Å². The van der Waals surface area contributed by atoms with Crippen molar-refractivity contribution in [2.45, 2.75) is 6.92 Å². The monoisotopic (exact) mass is 451 g/mol. The van der Waals surface area contributed by atoms with Crippen LogP contribution in [0.1, 0.15) is 6.92 Å². The van der Waals surface area contributed by atoms with E-state index in [0.717, 1.165) is 4.47 Å². The number of halogens is 2. The molecular weight excluding hydrogens is 438 g/mol. The van der Waals surface area contributed by atoms with Gasteiger partial charge in [-0.25, -0.2) is 0 Å². The van der Waals surface area contributed by atoms with Gasteiger partial charge in [0.05, 0.1) is 16.4 Å². The van der Waals surface area contributed by atoms with Crippen molar-refractivity contribution in [1.82, 2.24) is 0 Å². The number of fused-ring (bicyclic) bond motifs is 1. The second-order valence-electron chi connectivity index (χ2n) is 5.80. The maximum absolute atomic E-state index is 12.5. The summed E-state index contributed by atoms with van der Waals surface area (Å²) in [6, 6.07) is 9.94. The van der Waals surface area contributed by atoms with E-state index >= 15 is 0 Å². The minimum atomic E-state index is -0.430. The van der Waals surface area contributed by atoms with Crippen molar-refractivity contribution >= 4 is 62.3 Å². The lowest BCUT2D eigenvalue weighted by atomic mass is 10.2. The topological polar surface area (TPSA) is 87.7 Å². The number of benzene rings is 2. The van der Waals surface area contributed by atoms with Crippen LogP contribution in [0.4, 0.5) is 17.1 Å². The molecule has 3 rings (SSSR count). The molecule has 7 nitrogen and oxygen atoms in total. The van der Waals surface area contributed by atoms with Crippen LogP contribution in [0.3, 0.4) is 0 Å². The Balaban J connectivity index is 1.77. The Morgan fingerprint density at radius 1 is 1.22 bits per heavy atom. The van der Waals surface area contributed by atoms with Gasteiger partial charge in [0.25, 0.3) is 5.91 Å². The fourth-order valence-electron chi connectivity index (χ4n) is 2.59. The van der Waals surface area contributed by atoms with Gasteiger partial charge < -0.3 is 15.4 Å². The van der Waals surface area contributed by atoms with E-state index in [0.29, 0.717) is 27.8 Å². The van der Waals surface area contributed by atoms with Gasteiger partial charge in [0.2, 0.25) is 11.8 Å². The summed E-state index contributed by atoms with van der Waals surface area (Å²) in [5.74, 6) is -0.474. The third-order valence-corrected chi connectivity index (χ3v) is 4.55. The molecular formula is C18H15BrClN3O4. The highest BCUT2D eigenvalue weighted by Crippen LogP contribution is 2.34. The quantitative estimate of drug-likeness (QED) is 0.744. The molecule has 0 saturated heterocycles. The molecule has 0 spiro atoms. The second-order valence-corrected chi connectivity index (χ2v) is 7.13. The average molecular weight is 453 g/mol. The van der Waals surface area contributed by atoms with E-state index < -0.39 is 5.91 Å². The number of anilines is 3. The predicted molar refractivity (Wildman–Crippen MR) is 106 cm³/mol. The maximum Gasteiger partial charge on any atom is 0.265 e. The summed E-state index contributed by atoms with van der Waals surface area (Å²) in [5, 5.41) is 5.60. The number of amides is 3. The number of nitrogens with zero attached hydrogens (tertiary/aromatic N) is 1. The molecule has 0 fully saturated rings. The van der Waals surface area contributed by atoms with E-state index in [1.54, 1.807) is 36.4 Å². The Hall–Kier alpha value is -2.58. The zero-order chi connectivity index (χ0) is 19.6. The molecule has 1 heterocycles. The van der Waals surface area contributed by atoms with Gasteiger partial charge in [-0.1, -0.05) is 27.5 Å². The highest BCUT2D eigenvalue weighted by Gasteiger charge is 2.27. The van der Waals surface area contributed by atoms with Crippen molar-refractivity contribution in [3.8, 4) is 5.75 Å². The highest BCUT2D eigenvalue weighted by molar-refractivity contribution is 9.10. The first-order valence-electron chi connectivity index (χ1n) is 7.93. The van der Waals surface area contributed by atoms with Crippen LogP contribution in [-0.2, 0) is 14.4 Å². The molecule has 0 aromatic heterocycles. The van der Waals surface area contributed by atoms with E-state index in [2.05, 4.69) is 26.6 Å². The van der Waals surface area contributed by atoms with Gasteiger partial charge in [-0.2, -0.15) is 0 Å². The number of hydrogen-bond donors (Lipinski definition) is 2. The van der Waals surface area contributed by atoms with Crippen LogP contribution in [0.25, 0.3) is 0 Å². The van der Waals surface area contributed by atoms with Crippen molar-refractivity contribution in [1.29, 1.82) is 0 Å². The van der Waals surface area contributed by atoms with Crippen LogP contribution < -0.4 is 20.3 Å². The number of carbonyl (C=O) groups excluding carboxylic acids is 3. The molecule has 0 aliphatic carbocycles. The largest absolute Gasteiger partial charge is 0.482 e. The molecule has 27 heavy (non-hydrogen) atoms. The molecule has 1 aliphatic rings. The Kier molecular flexibility index (Phi) is 5.67. The molecule has 140 valence electrons. The Labute approximate surface area is 168 Å². The first-order chi connectivity index (χ1) is 12.8. The van der Waals surface area contributed by atoms with E-state index in [1.807, 2.05) is 0 Å². The normalized spacial score (nSPS) is 12.9. The van der Waals surface area contributed by atoms with Crippen LogP contribution >= 0.6 is 27.5 Å². The Morgan fingerprint density at radius 2 is 2.00 bits per heavy atom. The molecule has 0 radical (unpaired) electrons. The van der Waals surface area contributed by atoms with Crippen LogP contribution in [0.2, 0.25) is 5.02 Å². The van der Waals surface area contributed by atoms with Gasteiger partial charge in [0.1, 0.15) is 12.3 Å². The highest BCUT2D eigenvalue weighted by atomic mass is 79.9. The number of rotatable bonds is 4. The summed E-state index contributed by atoms with van der Waals surface area (Å²) < 4.78 is 6.21. The third kappa shape index (κ3) is 4.58. The molecule has 0 atom stereocenters. The third-order valence-electron chi connectivity index (χ3n) is 3.73. The lowest BCUT2D eigenvalue weighted by Gasteiger charge is -2.29. The van der Waals surface area contributed by atoms with Crippen molar-refractivity contribution < 1.29 is 19.1 Å². The minimum absolute atomic E-state index is 0.143. The van der Waals surface area contributed by atoms with Gasteiger partial charge in [0.15, 0.2) is 6.61 Å². The molecule has 1 aliphatic heterocycles. The van der Waals surface area contributed by atoms with Crippen molar-refractivity contribution in [2.24, 2.45) is 0 Å². The Morgan fingerprint density at radius 3 is 2.74 bits per heavy atom. The predicted octanol–water partition coefficient (Wildman–Crippen LogP) is 3.43. The van der Waals surface area contributed by atoms with E-state index in [1.165, 1.54) is 11.8 Å². The lowest BCUT2D eigenvalue weighted by molar-refractivity contribution is -0.123. The van der Waals surface area contributed by atoms with E-state index in [-0.39, 0.29) is 25.0 Å².